The monoisotopic (exact) mass is 312 g/mol. The van der Waals surface area contributed by atoms with Gasteiger partial charge < -0.3 is 0 Å². The molecular formula is C18H16OS2. The van der Waals surface area contributed by atoms with Crippen LogP contribution in [0.3, 0.4) is 0 Å². The minimum absolute atomic E-state index is 0.781. The van der Waals surface area contributed by atoms with Gasteiger partial charge >= 0.3 is 0 Å². The predicted octanol–water partition coefficient (Wildman–Crippen LogP) is 5.83. The van der Waals surface area contributed by atoms with Gasteiger partial charge in [-0.05, 0) is 71.3 Å². The highest BCUT2D eigenvalue weighted by molar-refractivity contribution is 7.17. The standard InChI is InChI=1S/C18H16OS2/c1-3-13-10-14(16-7-6-15(11-19)21-16)9-12(2)18(13)17-5-4-8-20-17/h4-11H,3H2,1-2H3. The molecular weight excluding hydrogens is 296 g/mol. The van der Waals surface area contributed by atoms with Gasteiger partial charge in [0.1, 0.15) is 0 Å². The Hall–Kier alpha value is -1.71. The number of carbonyl (C=O) groups excluding carboxylic acids is 1. The van der Waals surface area contributed by atoms with Crippen LogP contribution in [0.15, 0.2) is 41.8 Å². The van der Waals surface area contributed by atoms with E-state index in [1.54, 1.807) is 22.7 Å². The maximum absolute atomic E-state index is 10.9. The van der Waals surface area contributed by atoms with Crippen molar-refractivity contribution in [2.75, 3.05) is 0 Å². The van der Waals surface area contributed by atoms with Crippen molar-refractivity contribution in [3.05, 3.63) is 57.8 Å². The molecule has 0 spiro atoms. The van der Waals surface area contributed by atoms with Crippen LogP contribution in [-0.4, -0.2) is 6.29 Å². The zero-order valence-electron chi connectivity index (χ0n) is 12.1. The van der Waals surface area contributed by atoms with Crippen LogP contribution in [0.2, 0.25) is 0 Å². The molecule has 0 saturated heterocycles. The second kappa shape index (κ2) is 5.96. The molecule has 21 heavy (non-hydrogen) atoms. The van der Waals surface area contributed by atoms with Gasteiger partial charge in [0.2, 0.25) is 0 Å². The number of thiophene rings is 2. The van der Waals surface area contributed by atoms with E-state index in [1.807, 2.05) is 12.1 Å². The zero-order valence-corrected chi connectivity index (χ0v) is 13.7. The first kappa shape index (κ1) is 14.2. The molecule has 106 valence electrons. The zero-order chi connectivity index (χ0) is 14.8. The van der Waals surface area contributed by atoms with E-state index in [9.17, 15) is 4.79 Å². The van der Waals surface area contributed by atoms with Crippen LogP contribution in [0, 0.1) is 6.92 Å². The molecule has 2 aromatic heterocycles. The molecule has 0 bridgehead atoms. The summed E-state index contributed by atoms with van der Waals surface area (Å²) < 4.78 is 0. The number of carbonyl (C=O) groups is 1. The lowest BCUT2D eigenvalue weighted by Crippen LogP contribution is -1.91. The second-order valence-corrected chi connectivity index (χ2v) is 7.04. The Bertz CT molecular complexity index is 767. The third-order valence-corrected chi connectivity index (χ3v) is 5.54. The van der Waals surface area contributed by atoms with Crippen molar-refractivity contribution in [1.29, 1.82) is 0 Å². The van der Waals surface area contributed by atoms with E-state index in [-0.39, 0.29) is 0 Å². The summed E-state index contributed by atoms with van der Waals surface area (Å²) in [4.78, 5) is 14.1. The normalized spacial score (nSPS) is 10.8. The third-order valence-electron chi connectivity index (χ3n) is 3.59. The number of rotatable bonds is 4. The summed E-state index contributed by atoms with van der Waals surface area (Å²) in [5.74, 6) is 0. The van der Waals surface area contributed by atoms with Gasteiger partial charge in [0.05, 0.1) is 4.88 Å². The SMILES string of the molecule is CCc1cc(-c2ccc(C=O)s2)cc(C)c1-c1cccs1. The van der Waals surface area contributed by atoms with Crippen LogP contribution >= 0.6 is 22.7 Å². The van der Waals surface area contributed by atoms with E-state index in [0.717, 1.165) is 22.5 Å². The summed E-state index contributed by atoms with van der Waals surface area (Å²) in [5.41, 5.74) is 5.24. The number of hydrogen-bond donors (Lipinski definition) is 0. The molecule has 0 aliphatic rings. The van der Waals surface area contributed by atoms with Gasteiger partial charge in [-0.2, -0.15) is 0 Å². The van der Waals surface area contributed by atoms with Gasteiger partial charge in [-0.3, -0.25) is 4.79 Å². The summed E-state index contributed by atoms with van der Waals surface area (Å²) in [6, 6.07) is 12.7. The van der Waals surface area contributed by atoms with E-state index >= 15 is 0 Å². The van der Waals surface area contributed by atoms with E-state index in [2.05, 4.69) is 43.5 Å². The van der Waals surface area contributed by atoms with Crippen molar-refractivity contribution < 1.29 is 4.79 Å². The molecule has 0 radical (unpaired) electrons. The maximum atomic E-state index is 10.9. The van der Waals surface area contributed by atoms with Crippen LogP contribution in [0.1, 0.15) is 27.7 Å². The minimum Gasteiger partial charge on any atom is -0.297 e. The van der Waals surface area contributed by atoms with Crippen molar-refractivity contribution in [2.24, 2.45) is 0 Å². The Balaban J connectivity index is 2.13. The van der Waals surface area contributed by atoms with Crippen molar-refractivity contribution in [3.8, 4) is 20.9 Å². The van der Waals surface area contributed by atoms with Crippen molar-refractivity contribution in [3.63, 3.8) is 0 Å². The van der Waals surface area contributed by atoms with Crippen LogP contribution in [0.4, 0.5) is 0 Å². The number of aldehydes is 1. The van der Waals surface area contributed by atoms with Crippen molar-refractivity contribution in [2.45, 2.75) is 20.3 Å². The Morgan fingerprint density at radius 1 is 1.14 bits per heavy atom. The first-order valence-electron chi connectivity index (χ1n) is 6.95. The molecule has 3 rings (SSSR count). The topological polar surface area (TPSA) is 17.1 Å². The van der Waals surface area contributed by atoms with E-state index in [0.29, 0.717) is 0 Å². The Morgan fingerprint density at radius 3 is 2.62 bits per heavy atom. The fourth-order valence-electron chi connectivity index (χ4n) is 2.63. The van der Waals surface area contributed by atoms with Gasteiger partial charge in [0.15, 0.2) is 6.29 Å². The largest absolute Gasteiger partial charge is 0.297 e. The highest BCUT2D eigenvalue weighted by atomic mass is 32.1. The van der Waals surface area contributed by atoms with Crippen LogP contribution in [0.25, 0.3) is 20.9 Å². The van der Waals surface area contributed by atoms with Crippen LogP contribution < -0.4 is 0 Å². The molecule has 0 saturated carbocycles. The van der Waals surface area contributed by atoms with Crippen molar-refractivity contribution >= 4 is 29.0 Å². The van der Waals surface area contributed by atoms with Crippen LogP contribution in [-0.2, 0) is 6.42 Å². The predicted molar refractivity (Wildman–Crippen MR) is 92.6 cm³/mol. The smallest absolute Gasteiger partial charge is 0.160 e. The van der Waals surface area contributed by atoms with E-state index in [4.69, 9.17) is 0 Å². The van der Waals surface area contributed by atoms with Gasteiger partial charge in [0, 0.05) is 9.75 Å². The Labute approximate surface area is 132 Å². The molecule has 0 atom stereocenters. The number of aryl methyl sites for hydroxylation is 2. The van der Waals surface area contributed by atoms with Gasteiger partial charge in [-0.1, -0.05) is 13.0 Å². The molecule has 2 heterocycles. The van der Waals surface area contributed by atoms with Crippen LogP contribution in [0.5, 0.6) is 0 Å². The molecule has 1 nitrogen and oxygen atoms in total. The van der Waals surface area contributed by atoms with Gasteiger partial charge in [0.25, 0.3) is 0 Å². The molecule has 3 aromatic rings. The van der Waals surface area contributed by atoms with E-state index in [1.165, 1.54) is 27.1 Å². The van der Waals surface area contributed by atoms with Crippen molar-refractivity contribution in [1.82, 2.24) is 0 Å². The molecule has 0 unspecified atom stereocenters. The lowest BCUT2D eigenvalue weighted by molar-refractivity contribution is 0.112. The lowest BCUT2D eigenvalue weighted by Gasteiger charge is -2.12. The first-order valence-corrected chi connectivity index (χ1v) is 8.65. The third kappa shape index (κ3) is 2.71. The fourth-order valence-corrected chi connectivity index (χ4v) is 4.31. The quantitative estimate of drug-likeness (QED) is 0.554. The molecule has 0 N–H and O–H groups in total. The molecule has 3 heteroatoms. The van der Waals surface area contributed by atoms with Gasteiger partial charge in [-0.25, -0.2) is 0 Å². The highest BCUT2D eigenvalue weighted by Gasteiger charge is 2.12. The first-order chi connectivity index (χ1) is 10.2. The summed E-state index contributed by atoms with van der Waals surface area (Å²) in [7, 11) is 0. The molecule has 0 amide bonds. The summed E-state index contributed by atoms with van der Waals surface area (Å²) in [5, 5.41) is 2.12. The Morgan fingerprint density at radius 2 is 2.00 bits per heavy atom. The molecule has 0 fully saturated rings. The summed E-state index contributed by atoms with van der Waals surface area (Å²) >= 11 is 3.34. The average molecular weight is 312 g/mol. The summed E-state index contributed by atoms with van der Waals surface area (Å²) in [6.07, 6.45) is 1.93. The van der Waals surface area contributed by atoms with Gasteiger partial charge in [-0.15, -0.1) is 22.7 Å². The summed E-state index contributed by atoms with van der Waals surface area (Å²) in [6.45, 7) is 4.37. The second-order valence-electron chi connectivity index (χ2n) is 4.98. The lowest BCUT2D eigenvalue weighted by atomic mass is 9.95. The highest BCUT2D eigenvalue weighted by Crippen LogP contribution is 2.36. The molecule has 1 aromatic carbocycles. The molecule has 0 aliphatic carbocycles. The average Bonchev–Trinajstić information content (AvgIpc) is 3.17. The molecule has 0 aliphatic heterocycles. The number of hydrogen-bond acceptors (Lipinski definition) is 3. The Kier molecular flexibility index (Phi) is 4.04. The van der Waals surface area contributed by atoms with E-state index < -0.39 is 0 Å². The maximum Gasteiger partial charge on any atom is 0.160 e. The minimum atomic E-state index is 0.781. The fraction of sp³-hybridized carbons (Fsp3) is 0.167. The number of benzene rings is 1.